The molecule has 0 saturated carbocycles. The quantitative estimate of drug-likeness (QED) is 0.790. The number of nitrogens with zero attached hydrogens (tertiary/aromatic N) is 2. The Morgan fingerprint density at radius 2 is 1.83 bits per heavy atom. The van der Waals surface area contributed by atoms with Crippen LogP contribution in [0.5, 0.6) is 0 Å². The minimum Gasteiger partial charge on any atom is -0.343 e. The van der Waals surface area contributed by atoms with Crippen molar-refractivity contribution in [3.8, 4) is 0 Å². The molecule has 2 heterocycles. The van der Waals surface area contributed by atoms with Gasteiger partial charge < -0.3 is 4.90 Å². The second-order valence-corrected chi connectivity index (χ2v) is 7.93. The standard InChI is InChI=1S/C9H10Cl2N2O3S2/c10-8-5-7(9(11)17-8)18(15,16)13-3-1-12(6-14)2-4-13/h5-6H,1-4H2. The van der Waals surface area contributed by atoms with Crippen molar-refractivity contribution in [2.75, 3.05) is 26.2 Å². The molecule has 1 aliphatic heterocycles. The first kappa shape index (κ1) is 14.1. The summed E-state index contributed by atoms with van der Waals surface area (Å²) < 4.78 is 26.4. The molecule has 1 aromatic rings. The summed E-state index contributed by atoms with van der Waals surface area (Å²) in [7, 11) is -3.62. The number of amides is 1. The van der Waals surface area contributed by atoms with Crippen LogP contribution in [0.2, 0.25) is 8.67 Å². The number of carbonyl (C=O) groups is 1. The SMILES string of the molecule is O=CN1CCN(S(=O)(=O)c2cc(Cl)sc2Cl)CC1. The van der Waals surface area contributed by atoms with Crippen LogP contribution in [0, 0.1) is 0 Å². The lowest BCUT2D eigenvalue weighted by Gasteiger charge is -2.31. The summed E-state index contributed by atoms with van der Waals surface area (Å²) in [4.78, 5) is 12.1. The predicted octanol–water partition coefficient (Wildman–Crippen LogP) is 1.52. The van der Waals surface area contributed by atoms with E-state index in [1.54, 1.807) is 0 Å². The molecule has 1 aromatic heterocycles. The average molecular weight is 329 g/mol. The fourth-order valence-corrected chi connectivity index (χ4v) is 5.22. The molecule has 0 atom stereocenters. The first-order valence-electron chi connectivity index (χ1n) is 5.09. The van der Waals surface area contributed by atoms with Crippen molar-refractivity contribution in [2.45, 2.75) is 4.90 Å². The minimum atomic E-state index is -3.62. The van der Waals surface area contributed by atoms with Crippen molar-refractivity contribution in [1.29, 1.82) is 0 Å². The molecule has 0 unspecified atom stereocenters. The van der Waals surface area contributed by atoms with Crippen LogP contribution in [0.25, 0.3) is 0 Å². The van der Waals surface area contributed by atoms with E-state index in [4.69, 9.17) is 23.2 Å². The van der Waals surface area contributed by atoms with Crippen LogP contribution in [-0.2, 0) is 14.8 Å². The molecule has 100 valence electrons. The van der Waals surface area contributed by atoms with Crippen LogP contribution in [0.15, 0.2) is 11.0 Å². The number of thiophene rings is 1. The van der Waals surface area contributed by atoms with Gasteiger partial charge in [-0.3, -0.25) is 4.79 Å². The molecule has 0 bridgehead atoms. The van der Waals surface area contributed by atoms with Crippen molar-refractivity contribution in [3.05, 3.63) is 14.7 Å². The molecule has 1 fully saturated rings. The maximum absolute atomic E-state index is 12.3. The number of rotatable bonds is 3. The highest BCUT2D eigenvalue weighted by Crippen LogP contribution is 2.35. The third-order valence-corrected chi connectivity index (χ3v) is 6.32. The summed E-state index contributed by atoms with van der Waals surface area (Å²) in [6.07, 6.45) is 0.721. The van der Waals surface area contributed by atoms with Crippen molar-refractivity contribution in [3.63, 3.8) is 0 Å². The van der Waals surface area contributed by atoms with Gasteiger partial charge in [0.2, 0.25) is 16.4 Å². The highest BCUT2D eigenvalue weighted by atomic mass is 35.5. The highest BCUT2D eigenvalue weighted by molar-refractivity contribution is 7.89. The van der Waals surface area contributed by atoms with E-state index in [9.17, 15) is 13.2 Å². The van der Waals surface area contributed by atoms with Gasteiger partial charge in [0.1, 0.15) is 9.23 Å². The molecular weight excluding hydrogens is 319 g/mol. The summed E-state index contributed by atoms with van der Waals surface area (Å²) in [5, 5.41) is 0. The molecule has 0 aliphatic carbocycles. The summed E-state index contributed by atoms with van der Waals surface area (Å²) in [6, 6.07) is 1.36. The van der Waals surface area contributed by atoms with Gasteiger partial charge in [-0.1, -0.05) is 23.2 Å². The number of sulfonamides is 1. The lowest BCUT2D eigenvalue weighted by atomic mass is 10.4. The van der Waals surface area contributed by atoms with Gasteiger partial charge in [-0.15, -0.1) is 11.3 Å². The molecule has 0 spiro atoms. The largest absolute Gasteiger partial charge is 0.343 e. The smallest absolute Gasteiger partial charge is 0.245 e. The molecule has 2 rings (SSSR count). The van der Waals surface area contributed by atoms with Crippen LogP contribution in [0.4, 0.5) is 0 Å². The molecule has 18 heavy (non-hydrogen) atoms. The van der Waals surface area contributed by atoms with E-state index in [0.717, 1.165) is 17.7 Å². The van der Waals surface area contributed by atoms with E-state index < -0.39 is 10.0 Å². The van der Waals surface area contributed by atoms with E-state index in [1.165, 1.54) is 15.3 Å². The summed E-state index contributed by atoms with van der Waals surface area (Å²) in [5.41, 5.74) is 0. The van der Waals surface area contributed by atoms with Crippen molar-refractivity contribution >= 4 is 51.0 Å². The average Bonchev–Trinajstić information content (AvgIpc) is 2.69. The van der Waals surface area contributed by atoms with Crippen LogP contribution >= 0.6 is 34.5 Å². The van der Waals surface area contributed by atoms with E-state index in [-0.39, 0.29) is 22.3 Å². The maximum atomic E-state index is 12.3. The highest BCUT2D eigenvalue weighted by Gasteiger charge is 2.30. The zero-order chi connectivity index (χ0) is 13.3. The van der Waals surface area contributed by atoms with Crippen LogP contribution in [0.3, 0.4) is 0 Å². The van der Waals surface area contributed by atoms with Gasteiger partial charge >= 0.3 is 0 Å². The van der Waals surface area contributed by atoms with E-state index in [1.807, 2.05) is 0 Å². The number of carbonyl (C=O) groups excluding carboxylic acids is 1. The molecule has 0 aromatic carbocycles. The maximum Gasteiger partial charge on any atom is 0.245 e. The summed E-state index contributed by atoms with van der Waals surface area (Å²) in [6.45, 7) is 1.31. The molecule has 1 amide bonds. The third kappa shape index (κ3) is 2.65. The van der Waals surface area contributed by atoms with Gasteiger partial charge in [-0.25, -0.2) is 8.42 Å². The lowest BCUT2D eigenvalue weighted by Crippen LogP contribution is -2.47. The fourth-order valence-electron chi connectivity index (χ4n) is 1.69. The number of piperazine rings is 1. The zero-order valence-corrected chi connectivity index (χ0v) is 12.3. The summed E-state index contributed by atoms with van der Waals surface area (Å²) in [5.74, 6) is 0. The molecule has 0 N–H and O–H groups in total. The van der Waals surface area contributed by atoms with Crippen molar-refractivity contribution < 1.29 is 13.2 Å². The Morgan fingerprint density at radius 1 is 1.22 bits per heavy atom. The first-order valence-corrected chi connectivity index (χ1v) is 8.10. The molecule has 9 heteroatoms. The molecular formula is C9H10Cl2N2O3S2. The second kappa shape index (κ2) is 5.34. The van der Waals surface area contributed by atoms with Gasteiger partial charge in [-0.05, 0) is 6.07 Å². The van der Waals surface area contributed by atoms with Crippen molar-refractivity contribution in [2.24, 2.45) is 0 Å². The Hall–Kier alpha value is -0.340. The van der Waals surface area contributed by atoms with Crippen LogP contribution < -0.4 is 0 Å². The predicted molar refractivity (Wildman–Crippen MR) is 70.7 cm³/mol. The normalized spacial score (nSPS) is 18.0. The Kier molecular flexibility index (Phi) is 4.18. The van der Waals surface area contributed by atoms with E-state index in [0.29, 0.717) is 17.4 Å². The van der Waals surface area contributed by atoms with Crippen LogP contribution in [-0.4, -0.2) is 50.2 Å². The van der Waals surface area contributed by atoms with Gasteiger partial charge in [0.15, 0.2) is 0 Å². The molecule has 1 aliphatic rings. The molecule has 5 nitrogen and oxygen atoms in total. The Bertz CT molecular complexity index is 550. The lowest BCUT2D eigenvalue weighted by molar-refractivity contribution is -0.119. The van der Waals surface area contributed by atoms with Gasteiger partial charge in [-0.2, -0.15) is 4.31 Å². The number of halogens is 2. The molecule has 1 saturated heterocycles. The first-order chi connectivity index (χ1) is 8.45. The number of hydrogen-bond donors (Lipinski definition) is 0. The van der Waals surface area contributed by atoms with Gasteiger partial charge in [0.05, 0.1) is 4.34 Å². The third-order valence-electron chi connectivity index (χ3n) is 2.67. The van der Waals surface area contributed by atoms with Crippen molar-refractivity contribution in [1.82, 2.24) is 9.21 Å². The Morgan fingerprint density at radius 3 is 2.28 bits per heavy atom. The number of hydrogen-bond acceptors (Lipinski definition) is 4. The van der Waals surface area contributed by atoms with Gasteiger partial charge in [0.25, 0.3) is 0 Å². The Balaban J connectivity index is 2.22. The van der Waals surface area contributed by atoms with Crippen LogP contribution in [0.1, 0.15) is 0 Å². The zero-order valence-electron chi connectivity index (χ0n) is 9.17. The fraction of sp³-hybridized carbons (Fsp3) is 0.444. The van der Waals surface area contributed by atoms with E-state index in [2.05, 4.69) is 0 Å². The van der Waals surface area contributed by atoms with Gasteiger partial charge in [0, 0.05) is 26.2 Å². The van der Waals surface area contributed by atoms with E-state index >= 15 is 0 Å². The topological polar surface area (TPSA) is 57.7 Å². The second-order valence-electron chi connectivity index (χ2n) is 3.73. The summed E-state index contributed by atoms with van der Waals surface area (Å²) >= 11 is 12.6. The minimum absolute atomic E-state index is 0.0405. The monoisotopic (exact) mass is 328 g/mol. The molecule has 0 radical (unpaired) electrons. The Labute approximate surface area is 119 Å².